The summed E-state index contributed by atoms with van der Waals surface area (Å²) in [7, 11) is 0. The van der Waals surface area contributed by atoms with Gasteiger partial charge >= 0.3 is 0 Å². The van der Waals surface area contributed by atoms with E-state index in [0.29, 0.717) is 30.8 Å². The molecule has 0 radical (unpaired) electrons. The normalized spacial score (nSPS) is 20.2. The van der Waals surface area contributed by atoms with Crippen LogP contribution in [0.4, 0.5) is 0 Å². The number of nitrogens with zero attached hydrogens (tertiary/aromatic N) is 2. The fourth-order valence-corrected chi connectivity index (χ4v) is 2.41. The van der Waals surface area contributed by atoms with E-state index in [9.17, 15) is 0 Å². The molecule has 0 spiro atoms. The minimum atomic E-state index is -0.673. The fraction of sp³-hybridized carbons (Fsp3) is 0.846. The summed E-state index contributed by atoms with van der Waals surface area (Å²) < 4.78 is 10.6. The molecular formula is C13H23N3O2. The van der Waals surface area contributed by atoms with Crippen molar-refractivity contribution in [3.63, 3.8) is 0 Å². The van der Waals surface area contributed by atoms with Gasteiger partial charge in [0.05, 0.1) is 6.61 Å². The highest BCUT2D eigenvalue weighted by atomic mass is 16.5. The highest BCUT2D eigenvalue weighted by Gasteiger charge is 2.28. The third-order valence-corrected chi connectivity index (χ3v) is 3.52. The van der Waals surface area contributed by atoms with Gasteiger partial charge in [0.25, 0.3) is 0 Å². The van der Waals surface area contributed by atoms with E-state index in [0.717, 1.165) is 6.42 Å². The van der Waals surface area contributed by atoms with Crippen molar-refractivity contribution < 1.29 is 9.26 Å². The number of ether oxygens (including phenoxy) is 1. The molecule has 0 aromatic carbocycles. The van der Waals surface area contributed by atoms with Gasteiger partial charge in [0.1, 0.15) is 5.54 Å². The number of rotatable bonds is 6. The number of nitrogens with two attached hydrogens (primary N) is 1. The SMILES string of the molecule is CCOCC(C)(N)c1noc(CC2CCCC2)n1. The zero-order valence-corrected chi connectivity index (χ0v) is 11.3. The van der Waals surface area contributed by atoms with Gasteiger partial charge in [-0.1, -0.05) is 18.0 Å². The van der Waals surface area contributed by atoms with Crippen LogP contribution >= 0.6 is 0 Å². The highest BCUT2D eigenvalue weighted by molar-refractivity contribution is 5.02. The van der Waals surface area contributed by atoms with Crippen molar-refractivity contribution >= 4 is 0 Å². The molecule has 1 aliphatic carbocycles. The van der Waals surface area contributed by atoms with Crippen LogP contribution in [0.5, 0.6) is 0 Å². The van der Waals surface area contributed by atoms with Gasteiger partial charge in [0, 0.05) is 13.0 Å². The summed E-state index contributed by atoms with van der Waals surface area (Å²) in [6, 6.07) is 0. The molecule has 1 unspecified atom stereocenters. The molecule has 1 aliphatic rings. The molecule has 1 fully saturated rings. The molecule has 102 valence electrons. The third kappa shape index (κ3) is 3.29. The van der Waals surface area contributed by atoms with E-state index in [1.165, 1.54) is 25.7 Å². The zero-order chi connectivity index (χ0) is 13.0. The maximum atomic E-state index is 6.14. The Morgan fingerprint density at radius 3 is 2.83 bits per heavy atom. The molecule has 1 aromatic heterocycles. The molecule has 0 bridgehead atoms. The Balaban J connectivity index is 1.95. The molecule has 18 heavy (non-hydrogen) atoms. The summed E-state index contributed by atoms with van der Waals surface area (Å²) in [6.07, 6.45) is 6.08. The lowest BCUT2D eigenvalue weighted by Crippen LogP contribution is -2.39. The van der Waals surface area contributed by atoms with Crippen molar-refractivity contribution in [2.75, 3.05) is 13.2 Å². The first-order valence-corrected chi connectivity index (χ1v) is 6.81. The van der Waals surface area contributed by atoms with Crippen molar-refractivity contribution in [3.8, 4) is 0 Å². The molecular weight excluding hydrogens is 230 g/mol. The number of aromatic nitrogens is 2. The summed E-state index contributed by atoms with van der Waals surface area (Å²) in [5, 5.41) is 3.99. The monoisotopic (exact) mass is 253 g/mol. The lowest BCUT2D eigenvalue weighted by Gasteiger charge is -2.19. The minimum absolute atomic E-state index is 0.409. The van der Waals surface area contributed by atoms with Gasteiger partial charge in [-0.3, -0.25) is 0 Å². The minimum Gasteiger partial charge on any atom is -0.379 e. The molecule has 5 heteroatoms. The van der Waals surface area contributed by atoms with Gasteiger partial charge in [-0.05, 0) is 32.6 Å². The zero-order valence-electron chi connectivity index (χ0n) is 11.3. The Morgan fingerprint density at radius 1 is 1.44 bits per heavy atom. The molecule has 2 rings (SSSR count). The van der Waals surface area contributed by atoms with Crippen molar-refractivity contribution in [1.29, 1.82) is 0 Å². The van der Waals surface area contributed by atoms with Crippen LogP contribution in [0, 0.1) is 5.92 Å². The summed E-state index contributed by atoms with van der Waals surface area (Å²) in [5.74, 6) is 1.96. The van der Waals surface area contributed by atoms with Crippen LogP contribution in [0.15, 0.2) is 4.52 Å². The van der Waals surface area contributed by atoms with Crippen molar-refractivity contribution in [1.82, 2.24) is 10.1 Å². The van der Waals surface area contributed by atoms with Gasteiger partial charge in [-0.2, -0.15) is 4.98 Å². The lowest BCUT2D eigenvalue weighted by atomic mass is 10.0. The number of hydrogen-bond acceptors (Lipinski definition) is 5. The molecule has 0 amide bonds. The predicted molar refractivity (Wildman–Crippen MR) is 68.0 cm³/mol. The third-order valence-electron chi connectivity index (χ3n) is 3.52. The van der Waals surface area contributed by atoms with Crippen LogP contribution in [0.2, 0.25) is 0 Å². The Morgan fingerprint density at radius 2 is 2.17 bits per heavy atom. The van der Waals surface area contributed by atoms with Crippen molar-refractivity contribution in [3.05, 3.63) is 11.7 Å². The topological polar surface area (TPSA) is 74.2 Å². The summed E-state index contributed by atoms with van der Waals surface area (Å²) in [4.78, 5) is 4.42. The van der Waals surface area contributed by atoms with Crippen LogP contribution in [0.3, 0.4) is 0 Å². The molecule has 5 nitrogen and oxygen atoms in total. The Hall–Kier alpha value is -0.940. The summed E-state index contributed by atoms with van der Waals surface area (Å²) >= 11 is 0. The summed E-state index contributed by atoms with van der Waals surface area (Å²) in [6.45, 7) is 4.86. The van der Waals surface area contributed by atoms with Gasteiger partial charge in [0.2, 0.25) is 5.89 Å². The number of hydrogen-bond donors (Lipinski definition) is 1. The molecule has 1 atom stereocenters. The van der Waals surface area contributed by atoms with Crippen LogP contribution in [-0.4, -0.2) is 23.4 Å². The van der Waals surface area contributed by atoms with E-state index < -0.39 is 5.54 Å². The molecule has 1 saturated carbocycles. The van der Waals surface area contributed by atoms with Crippen molar-refractivity contribution in [2.45, 2.75) is 51.5 Å². The van der Waals surface area contributed by atoms with E-state index in [4.69, 9.17) is 15.0 Å². The second-order valence-electron chi connectivity index (χ2n) is 5.42. The predicted octanol–water partition coefficient (Wildman–Crippen LogP) is 2.01. The van der Waals surface area contributed by atoms with E-state index in [2.05, 4.69) is 10.1 Å². The first-order chi connectivity index (χ1) is 8.62. The van der Waals surface area contributed by atoms with E-state index in [-0.39, 0.29) is 0 Å². The second kappa shape index (κ2) is 5.80. The fourth-order valence-electron chi connectivity index (χ4n) is 2.41. The molecule has 0 saturated heterocycles. The smallest absolute Gasteiger partial charge is 0.226 e. The molecule has 2 N–H and O–H groups in total. The van der Waals surface area contributed by atoms with Crippen LogP contribution < -0.4 is 5.73 Å². The average Bonchev–Trinajstić information content (AvgIpc) is 2.98. The van der Waals surface area contributed by atoms with Crippen LogP contribution in [0.25, 0.3) is 0 Å². The van der Waals surface area contributed by atoms with Gasteiger partial charge in [-0.15, -0.1) is 0 Å². The Kier molecular flexibility index (Phi) is 4.35. The van der Waals surface area contributed by atoms with E-state index >= 15 is 0 Å². The lowest BCUT2D eigenvalue weighted by molar-refractivity contribution is 0.0962. The first-order valence-electron chi connectivity index (χ1n) is 6.81. The van der Waals surface area contributed by atoms with Crippen LogP contribution in [0.1, 0.15) is 51.2 Å². The maximum Gasteiger partial charge on any atom is 0.226 e. The largest absolute Gasteiger partial charge is 0.379 e. The van der Waals surface area contributed by atoms with Gasteiger partial charge < -0.3 is 15.0 Å². The Bertz CT molecular complexity index is 370. The quantitative estimate of drug-likeness (QED) is 0.839. The maximum absolute atomic E-state index is 6.14. The molecule has 1 heterocycles. The summed E-state index contributed by atoms with van der Waals surface area (Å²) in [5.41, 5.74) is 5.46. The highest BCUT2D eigenvalue weighted by Crippen LogP contribution is 2.28. The van der Waals surface area contributed by atoms with Crippen molar-refractivity contribution in [2.24, 2.45) is 11.7 Å². The first kappa shape index (κ1) is 13.5. The van der Waals surface area contributed by atoms with Gasteiger partial charge in [-0.25, -0.2) is 0 Å². The standard InChI is InChI=1S/C13H23N3O2/c1-3-17-9-13(2,14)12-15-11(18-16-12)8-10-6-4-5-7-10/h10H,3-9,14H2,1-2H3. The van der Waals surface area contributed by atoms with E-state index in [1.54, 1.807) is 0 Å². The average molecular weight is 253 g/mol. The Labute approximate surface area is 108 Å². The molecule has 0 aliphatic heterocycles. The van der Waals surface area contributed by atoms with Crippen LogP contribution in [-0.2, 0) is 16.7 Å². The van der Waals surface area contributed by atoms with E-state index in [1.807, 2.05) is 13.8 Å². The second-order valence-corrected chi connectivity index (χ2v) is 5.42. The van der Waals surface area contributed by atoms with Gasteiger partial charge in [0.15, 0.2) is 5.82 Å². The molecule has 1 aromatic rings.